The molecular weight excluding hydrogens is 279 g/mol. The quantitative estimate of drug-likeness (QED) is 0.879. The highest BCUT2D eigenvalue weighted by Gasteiger charge is 2.11. The highest BCUT2D eigenvalue weighted by atomic mass is 35.5. The van der Waals surface area contributed by atoms with Crippen molar-refractivity contribution in [1.82, 2.24) is 9.97 Å². The molecule has 0 aliphatic rings. The number of hydrogen-bond acceptors (Lipinski definition) is 4. The summed E-state index contributed by atoms with van der Waals surface area (Å²) in [6, 6.07) is 7.30. The average molecular weight is 295 g/mol. The maximum atomic E-state index is 13.7. The highest BCUT2D eigenvalue weighted by molar-refractivity contribution is 6.30. The molecule has 1 aromatic heterocycles. The molecule has 1 unspecified atom stereocenters. The average Bonchev–Trinajstić information content (AvgIpc) is 2.43. The molecule has 0 bridgehead atoms. The molecule has 0 saturated heterocycles. The third-order valence-corrected chi connectivity index (χ3v) is 3.05. The summed E-state index contributed by atoms with van der Waals surface area (Å²) in [7, 11) is 0. The molecule has 0 fully saturated rings. The van der Waals surface area contributed by atoms with Gasteiger partial charge in [-0.3, -0.25) is 0 Å². The Morgan fingerprint density at radius 1 is 1.30 bits per heavy atom. The summed E-state index contributed by atoms with van der Waals surface area (Å²) in [6.07, 6.45) is 1.15. The smallest absolute Gasteiger partial charge is 0.224 e. The zero-order chi connectivity index (χ0) is 14.5. The van der Waals surface area contributed by atoms with E-state index in [2.05, 4.69) is 20.6 Å². The van der Waals surface area contributed by atoms with E-state index < -0.39 is 5.82 Å². The molecule has 2 aromatic rings. The molecule has 1 atom stereocenters. The summed E-state index contributed by atoms with van der Waals surface area (Å²) in [4.78, 5) is 7.98. The molecule has 0 amide bonds. The molecule has 2 N–H and O–H groups in total. The van der Waals surface area contributed by atoms with Crippen molar-refractivity contribution in [3.8, 4) is 0 Å². The number of aromatic nitrogens is 2. The van der Waals surface area contributed by atoms with Crippen molar-refractivity contribution < 1.29 is 4.39 Å². The molecule has 2 rings (SSSR count). The molecule has 0 aliphatic carbocycles. The van der Waals surface area contributed by atoms with Crippen molar-refractivity contribution >= 4 is 23.4 Å². The van der Waals surface area contributed by atoms with Crippen LogP contribution in [-0.2, 0) is 0 Å². The van der Waals surface area contributed by atoms with Gasteiger partial charge in [-0.2, -0.15) is 4.98 Å². The van der Waals surface area contributed by atoms with Crippen LogP contribution in [0, 0.1) is 5.82 Å². The van der Waals surface area contributed by atoms with Gasteiger partial charge in [-0.15, -0.1) is 0 Å². The van der Waals surface area contributed by atoms with E-state index in [0.717, 1.165) is 11.8 Å². The first-order valence-electron chi connectivity index (χ1n) is 6.38. The van der Waals surface area contributed by atoms with E-state index in [9.17, 15) is 4.39 Å². The van der Waals surface area contributed by atoms with E-state index in [1.165, 1.54) is 0 Å². The number of rotatable bonds is 5. The van der Waals surface area contributed by atoms with Gasteiger partial charge in [0.1, 0.15) is 0 Å². The van der Waals surface area contributed by atoms with Gasteiger partial charge in [0.05, 0.1) is 12.2 Å². The van der Waals surface area contributed by atoms with E-state index in [-0.39, 0.29) is 11.9 Å². The Hall–Kier alpha value is -1.88. The summed E-state index contributed by atoms with van der Waals surface area (Å²) >= 11 is 5.85. The van der Waals surface area contributed by atoms with Crippen LogP contribution in [0.25, 0.3) is 0 Å². The zero-order valence-electron chi connectivity index (χ0n) is 11.3. The second-order valence-corrected chi connectivity index (χ2v) is 4.77. The van der Waals surface area contributed by atoms with Crippen LogP contribution in [-0.4, -0.2) is 16.5 Å². The molecule has 20 heavy (non-hydrogen) atoms. The van der Waals surface area contributed by atoms with Gasteiger partial charge in [-0.25, -0.2) is 9.37 Å². The summed E-state index contributed by atoms with van der Waals surface area (Å²) < 4.78 is 13.7. The second kappa shape index (κ2) is 6.52. The first-order valence-corrected chi connectivity index (χ1v) is 6.76. The van der Waals surface area contributed by atoms with Crippen molar-refractivity contribution in [2.45, 2.75) is 19.9 Å². The normalized spacial score (nSPS) is 12.0. The maximum Gasteiger partial charge on any atom is 0.224 e. The molecule has 0 radical (unpaired) electrons. The fourth-order valence-corrected chi connectivity index (χ4v) is 1.88. The van der Waals surface area contributed by atoms with Gasteiger partial charge in [0.25, 0.3) is 0 Å². The minimum Gasteiger partial charge on any atom is -0.361 e. The number of benzene rings is 1. The molecule has 1 heterocycles. The second-order valence-electron chi connectivity index (χ2n) is 4.34. The molecule has 0 saturated carbocycles. The highest BCUT2D eigenvalue weighted by Crippen LogP contribution is 2.21. The van der Waals surface area contributed by atoms with Crippen molar-refractivity contribution in [3.05, 3.63) is 46.9 Å². The van der Waals surface area contributed by atoms with Gasteiger partial charge >= 0.3 is 0 Å². The van der Waals surface area contributed by atoms with Gasteiger partial charge < -0.3 is 10.6 Å². The molecule has 6 heteroatoms. The number of nitrogens with one attached hydrogen (secondary N) is 2. The number of halogens is 2. The summed E-state index contributed by atoms with van der Waals surface area (Å²) in [5.74, 6) is 0.102. The Bertz CT molecular complexity index is 574. The SMILES string of the molecule is CCNc1ncc(F)c(NC(C)c2ccc(Cl)cc2)n1. The number of hydrogen-bond donors (Lipinski definition) is 2. The number of anilines is 2. The predicted octanol–water partition coefficient (Wildman–Crippen LogP) is 3.87. The van der Waals surface area contributed by atoms with Crippen molar-refractivity contribution in [2.75, 3.05) is 17.2 Å². The van der Waals surface area contributed by atoms with E-state index in [0.29, 0.717) is 17.5 Å². The van der Waals surface area contributed by atoms with Crippen LogP contribution in [0.5, 0.6) is 0 Å². The standard InChI is InChI=1S/C14H16ClFN4/c1-3-17-14-18-8-12(16)13(20-14)19-9(2)10-4-6-11(15)7-5-10/h4-9H,3H2,1-2H3,(H2,17,18,19,20). The van der Waals surface area contributed by atoms with Gasteiger partial charge in [0, 0.05) is 11.6 Å². The first kappa shape index (κ1) is 14.5. The van der Waals surface area contributed by atoms with Crippen LogP contribution in [0.4, 0.5) is 16.2 Å². The lowest BCUT2D eigenvalue weighted by atomic mass is 10.1. The van der Waals surface area contributed by atoms with Crippen LogP contribution in [0.1, 0.15) is 25.5 Å². The Labute approximate surface area is 122 Å². The van der Waals surface area contributed by atoms with Gasteiger partial charge in [0.15, 0.2) is 11.6 Å². The Balaban J connectivity index is 2.16. The lowest BCUT2D eigenvalue weighted by Crippen LogP contribution is -2.11. The fraction of sp³-hybridized carbons (Fsp3) is 0.286. The molecular formula is C14H16ClFN4. The topological polar surface area (TPSA) is 49.8 Å². The first-order chi connectivity index (χ1) is 9.60. The molecule has 106 valence electrons. The fourth-order valence-electron chi connectivity index (χ4n) is 1.75. The zero-order valence-corrected chi connectivity index (χ0v) is 12.1. The Morgan fingerprint density at radius 3 is 2.65 bits per heavy atom. The minimum absolute atomic E-state index is 0.0915. The van der Waals surface area contributed by atoms with Gasteiger partial charge in [-0.05, 0) is 31.5 Å². The minimum atomic E-state index is -0.479. The van der Waals surface area contributed by atoms with Gasteiger partial charge in [-0.1, -0.05) is 23.7 Å². The largest absolute Gasteiger partial charge is 0.361 e. The van der Waals surface area contributed by atoms with E-state index in [4.69, 9.17) is 11.6 Å². The lowest BCUT2D eigenvalue weighted by Gasteiger charge is -2.16. The summed E-state index contributed by atoms with van der Waals surface area (Å²) in [5.41, 5.74) is 0.998. The molecule has 0 aliphatic heterocycles. The Morgan fingerprint density at radius 2 is 2.00 bits per heavy atom. The molecule has 0 spiro atoms. The van der Waals surface area contributed by atoms with Crippen LogP contribution < -0.4 is 10.6 Å². The molecule has 4 nitrogen and oxygen atoms in total. The van der Waals surface area contributed by atoms with E-state index in [1.807, 2.05) is 26.0 Å². The molecule has 1 aromatic carbocycles. The van der Waals surface area contributed by atoms with Crippen molar-refractivity contribution in [1.29, 1.82) is 0 Å². The summed E-state index contributed by atoms with van der Waals surface area (Å²) in [5, 5.41) is 6.65. The maximum absolute atomic E-state index is 13.7. The van der Waals surface area contributed by atoms with E-state index >= 15 is 0 Å². The third kappa shape index (κ3) is 3.57. The Kier molecular flexibility index (Phi) is 4.74. The van der Waals surface area contributed by atoms with Crippen molar-refractivity contribution in [3.63, 3.8) is 0 Å². The van der Waals surface area contributed by atoms with Gasteiger partial charge in [0.2, 0.25) is 5.95 Å². The lowest BCUT2D eigenvalue weighted by molar-refractivity contribution is 0.614. The van der Waals surface area contributed by atoms with Crippen LogP contribution in [0.2, 0.25) is 5.02 Å². The van der Waals surface area contributed by atoms with Crippen LogP contribution in [0.15, 0.2) is 30.5 Å². The monoisotopic (exact) mass is 294 g/mol. The summed E-state index contributed by atoms with van der Waals surface area (Å²) in [6.45, 7) is 4.53. The predicted molar refractivity (Wildman–Crippen MR) is 79.6 cm³/mol. The van der Waals surface area contributed by atoms with Crippen molar-refractivity contribution in [2.24, 2.45) is 0 Å². The van der Waals surface area contributed by atoms with Crippen LogP contribution >= 0.6 is 11.6 Å². The van der Waals surface area contributed by atoms with Crippen LogP contribution in [0.3, 0.4) is 0 Å². The number of nitrogens with zero attached hydrogens (tertiary/aromatic N) is 2. The van der Waals surface area contributed by atoms with E-state index in [1.54, 1.807) is 12.1 Å². The third-order valence-electron chi connectivity index (χ3n) is 2.80.